The smallest absolute Gasteiger partial charge is 0.222 e. The SMILES string of the molecule is CCNC(=NCCC(=O)NC(C)CC)N1CCN(c2cccc(OC)c2)CC1.I. The van der Waals surface area contributed by atoms with Gasteiger partial charge in [-0.2, -0.15) is 0 Å². The quantitative estimate of drug-likeness (QED) is 0.316. The summed E-state index contributed by atoms with van der Waals surface area (Å²) in [6.45, 7) is 11.1. The number of carbonyl (C=O) groups excluding carboxylic acids is 1. The zero-order chi connectivity index (χ0) is 20.4. The van der Waals surface area contributed by atoms with Gasteiger partial charge in [0.05, 0.1) is 13.7 Å². The Kier molecular flexibility index (Phi) is 11.8. The van der Waals surface area contributed by atoms with Gasteiger partial charge >= 0.3 is 0 Å². The van der Waals surface area contributed by atoms with E-state index in [0.29, 0.717) is 13.0 Å². The minimum Gasteiger partial charge on any atom is -0.497 e. The van der Waals surface area contributed by atoms with Gasteiger partial charge in [0.15, 0.2) is 5.96 Å². The number of halogens is 1. The number of rotatable bonds is 8. The van der Waals surface area contributed by atoms with E-state index in [1.807, 2.05) is 19.1 Å². The van der Waals surface area contributed by atoms with Crippen LogP contribution in [0.5, 0.6) is 5.75 Å². The van der Waals surface area contributed by atoms with Crippen LogP contribution in [0.15, 0.2) is 29.3 Å². The third kappa shape index (κ3) is 8.28. The van der Waals surface area contributed by atoms with E-state index >= 15 is 0 Å². The van der Waals surface area contributed by atoms with Crippen LogP contribution in [0, 0.1) is 0 Å². The molecule has 1 aromatic carbocycles. The number of ether oxygens (including phenoxy) is 1. The summed E-state index contributed by atoms with van der Waals surface area (Å²) < 4.78 is 5.33. The van der Waals surface area contributed by atoms with E-state index < -0.39 is 0 Å². The summed E-state index contributed by atoms with van der Waals surface area (Å²) in [6.07, 6.45) is 1.36. The average Bonchev–Trinajstić information content (AvgIpc) is 2.73. The number of amides is 1. The number of guanidine groups is 1. The van der Waals surface area contributed by atoms with E-state index in [2.05, 4.69) is 51.4 Å². The van der Waals surface area contributed by atoms with Crippen molar-refractivity contribution in [2.24, 2.45) is 4.99 Å². The molecule has 8 heteroatoms. The molecule has 0 saturated carbocycles. The molecule has 1 aromatic rings. The fraction of sp³-hybridized carbons (Fsp3) is 0.619. The lowest BCUT2D eigenvalue weighted by Gasteiger charge is -2.37. The van der Waals surface area contributed by atoms with E-state index in [4.69, 9.17) is 4.74 Å². The van der Waals surface area contributed by atoms with Crippen molar-refractivity contribution >= 4 is 41.5 Å². The third-order valence-corrected chi connectivity index (χ3v) is 4.95. The van der Waals surface area contributed by atoms with Gasteiger partial charge in [-0.15, -0.1) is 24.0 Å². The van der Waals surface area contributed by atoms with Crippen LogP contribution in [0.1, 0.15) is 33.6 Å². The van der Waals surface area contributed by atoms with Crippen molar-refractivity contribution in [1.82, 2.24) is 15.5 Å². The predicted octanol–water partition coefficient (Wildman–Crippen LogP) is 2.71. The summed E-state index contributed by atoms with van der Waals surface area (Å²) >= 11 is 0. The molecule has 1 amide bonds. The molecule has 0 aromatic heterocycles. The fourth-order valence-electron chi connectivity index (χ4n) is 3.12. The van der Waals surface area contributed by atoms with Gasteiger partial charge in [0.25, 0.3) is 0 Å². The maximum atomic E-state index is 11.9. The van der Waals surface area contributed by atoms with Crippen LogP contribution in [0.2, 0.25) is 0 Å². The summed E-state index contributed by atoms with van der Waals surface area (Å²) in [5.74, 6) is 1.84. The average molecular weight is 517 g/mol. The first kappa shape index (κ1) is 25.3. The van der Waals surface area contributed by atoms with Crippen molar-refractivity contribution in [3.63, 3.8) is 0 Å². The van der Waals surface area contributed by atoms with Gasteiger partial charge in [0.1, 0.15) is 5.75 Å². The summed E-state index contributed by atoms with van der Waals surface area (Å²) in [5, 5.41) is 6.35. The molecule has 164 valence electrons. The molecule has 1 fully saturated rings. The van der Waals surface area contributed by atoms with Crippen molar-refractivity contribution in [3.8, 4) is 5.75 Å². The highest BCUT2D eigenvalue weighted by molar-refractivity contribution is 14.0. The van der Waals surface area contributed by atoms with Gasteiger partial charge in [0, 0.05) is 56.9 Å². The molecule has 1 heterocycles. The van der Waals surface area contributed by atoms with Crippen LogP contribution < -0.4 is 20.3 Å². The van der Waals surface area contributed by atoms with Gasteiger partial charge in [-0.1, -0.05) is 13.0 Å². The first-order chi connectivity index (χ1) is 13.6. The number of anilines is 1. The number of nitrogens with zero attached hydrogens (tertiary/aromatic N) is 3. The van der Waals surface area contributed by atoms with Gasteiger partial charge in [0.2, 0.25) is 5.91 Å². The lowest BCUT2D eigenvalue weighted by atomic mass is 10.2. The van der Waals surface area contributed by atoms with Crippen molar-refractivity contribution in [3.05, 3.63) is 24.3 Å². The van der Waals surface area contributed by atoms with Crippen LogP contribution in [-0.4, -0.2) is 69.2 Å². The standard InChI is InChI=1S/C21H35N5O2.HI/c1-5-17(3)24-20(27)10-11-23-21(22-6-2)26-14-12-25(13-15-26)18-8-7-9-19(16-18)28-4;/h7-9,16-17H,5-6,10-15H2,1-4H3,(H,22,23)(H,24,27);1H. The number of hydrogen-bond donors (Lipinski definition) is 2. The van der Waals surface area contributed by atoms with Crippen LogP contribution >= 0.6 is 24.0 Å². The lowest BCUT2D eigenvalue weighted by molar-refractivity contribution is -0.121. The molecule has 29 heavy (non-hydrogen) atoms. The number of hydrogen-bond acceptors (Lipinski definition) is 4. The largest absolute Gasteiger partial charge is 0.497 e. The van der Waals surface area contributed by atoms with Crippen molar-refractivity contribution in [2.45, 2.75) is 39.7 Å². The third-order valence-electron chi connectivity index (χ3n) is 4.95. The Labute approximate surface area is 192 Å². The summed E-state index contributed by atoms with van der Waals surface area (Å²) in [5.41, 5.74) is 1.18. The number of aliphatic imine (C=N–C) groups is 1. The van der Waals surface area contributed by atoms with Gasteiger partial charge in [-0.05, 0) is 32.4 Å². The van der Waals surface area contributed by atoms with Crippen molar-refractivity contribution < 1.29 is 9.53 Å². The second-order valence-corrected chi connectivity index (χ2v) is 7.04. The zero-order valence-electron chi connectivity index (χ0n) is 18.1. The van der Waals surface area contributed by atoms with E-state index in [1.54, 1.807) is 7.11 Å². The maximum Gasteiger partial charge on any atom is 0.222 e. The highest BCUT2D eigenvalue weighted by Crippen LogP contribution is 2.22. The molecule has 7 nitrogen and oxygen atoms in total. The predicted molar refractivity (Wildman–Crippen MR) is 131 cm³/mol. The zero-order valence-corrected chi connectivity index (χ0v) is 20.4. The van der Waals surface area contributed by atoms with Gasteiger partial charge in [-0.3, -0.25) is 9.79 Å². The molecule has 0 aliphatic carbocycles. The van der Waals surface area contributed by atoms with Crippen LogP contribution in [0.25, 0.3) is 0 Å². The van der Waals surface area contributed by atoms with E-state index in [-0.39, 0.29) is 35.9 Å². The molecule has 1 aliphatic rings. The van der Waals surface area contributed by atoms with Crippen molar-refractivity contribution in [2.75, 3.05) is 51.3 Å². The normalized spacial score (nSPS) is 15.4. The van der Waals surface area contributed by atoms with Gasteiger partial charge in [-0.25, -0.2) is 0 Å². The molecule has 1 saturated heterocycles. The van der Waals surface area contributed by atoms with Crippen molar-refractivity contribution in [1.29, 1.82) is 0 Å². The highest BCUT2D eigenvalue weighted by Gasteiger charge is 2.20. The molecule has 1 aliphatic heterocycles. The Morgan fingerprint density at radius 2 is 1.97 bits per heavy atom. The molecular weight excluding hydrogens is 481 g/mol. The number of carbonyl (C=O) groups is 1. The van der Waals surface area contributed by atoms with Gasteiger partial charge < -0.3 is 25.2 Å². The Morgan fingerprint density at radius 3 is 2.59 bits per heavy atom. The Bertz CT molecular complexity index is 648. The monoisotopic (exact) mass is 517 g/mol. The maximum absolute atomic E-state index is 11.9. The van der Waals surface area contributed by atoms with E-state index in [0.717, 1.165) is 50.9 Å². The van der Waals surface area contributed by atoms with E-state index in [9.17, 15) is 4.79 Å². The topological polar surface area (TPSA) is 69.2 Å². The molecule has 2 N–H and O–H groups in total. The highest BCUT2D eigenvalue weighted by atomic mass is 127. The minimum absolute atomic E-state index is 0. The fourth-order valence-corrected chi connectivity index (χ4v) is 3.12. The molecular formula is C21H36IN5O2. The first-order valence-electron chi connectivity index (χ1n) is 10.3. The number of methoxy groups -OCH3 is 1. The summed E-state index contributed by atoms with van der Waals surface area (Å²) in [6, 6.07) is 8.40. The second kappa shape index (κ2) is 13.5. The first-order valence-corrected chi connectivity index (χ1v) is 10.3. The number of benzene rings is 1. The minimum atomic E-state index is 0. The Hall–Kier alpha value is -1.71. The molecule has 1 unspecified atom stereocenters. The molecule has 0 bridgehead atoms. The molecule has 0 spiro atoms. The number of piperazine rings is 1. The second-order valence-electron chi connectivity index (χ2n) is 7.04. The number of nitrogens with one attached hydrogen (secondary N) is 2. The summed E-state index contributed by atoms with van der Waals surface area (Å²) in [7, 11) is 1.69. The summed E-state index contributed by atoms with van der Waals surface area (Å²) in [4.78, 5) is 21.3. The molecule has 1 atom stereocenters. The molecule has 0 radical (unpaired) electrons. The van der Waals surface area contributed by atoms with E-state index in [1.165, 1.54) is 5.69 Å². The molecule has 2 rings (SSSR count). The van der Waals surface area contributed by atoms with Crippen LogP contribution in [0.3, 0.4) is 0 Å². The van der Waals surface area contributed by atoms with Crippen LogP contribution in [-0.2, 0) is 4.79 Å². The Morgan fingerprint density at radius 1 is 1.24 bits per heavy atom. The lowest BCUT2D eigenvalue weighted by Crippen LogP contribution is -2.52. The Balaban J connectivity index is 0.00000420. The van der Waals surface area contributed by atoms with Crippen LogP contribution in [0.4, 0.5) is 5.69 Å².